The number of rotatable bonds is 5. The molecule has 0 radical (unpaired) electrons. The van der Waals surface area contributed by atoms with Crippen LogP contribution in [0, 0.1) is 0 Å². The number of ether oxygens (including phenoxy) is 1. The number of methoxy groups -OCH3 is 1. The van der Waals surface area contributed by atoms with E-state index in [1.165, 1.54) is 11.2 Å². The van der Waals surface area contributed by atoms with Crippen molar-refractivity contribution in [3.05, 3.63) is 38.9 Å². The molecule has 0 fully saturated rings. The van der Waals surface area contributed by atoms with Crippen molar-refractivity contribution >= 4 is 27.3 Å². The minimum absolute atomic E-state index is 0.160. The third-order valence-corrected chi connectivity index (χ3v) is 4.32. The average molecular weight is 328 g/mol. The molecule has 0 saturated heterocycles. The number of thiophene rings is 1. The number of aromatic nitrogens is 2. The second kappa shape index (κ2) is 6.26. The molecule has 1 atom stereocenters. The molecule has 96 valence electrons. The van der Waals surface area contributed by atoms with Gasteiger partial charge in [0.15, 0.2) is 0 Å². The summed E-state index contributed by atoms with van der Waals surface area (Å²) in [6.07, 6.45) is 2.43. The van der Waals surface area contributed by atoms with E-state index < -0.39 is 0 Å². The van der Waals surface area contributed by atoms with Crippen molar-refractivity contribution in [3.8, 4) is 5.88 Å². The Bertz CT molecular complexity index is 518. The van der Waals surface area contributed by atoms with E-state index in [0.717, 1.165) is 16.6 Å². The largest absolute Gasteiger partial charge is 0.481 e. The normalized spacial score (nSPS) is 12.4. The van der Waals surface area contributed by atoms with Crippen LogP contribution in [0.3, 0.4) is 0 Å². The topological polar surface area (TPSA) is 47.0 Å². The molecule has 4 nitrogen and oxygen atoms in total. The molecule has 0 aliphatic heterocycles. The van der Waals surface area contributed by atoms with Gasteiger partial charge in [0.25, 0.3) is 0 Å². The molecule has 2 aromatic rings. The Morgan fingerprint density at radius 3 is 2.89 bits per heavy atom. The lowest BCUT2D eigenvalue weighted by Gasteiger charge is -2.14. The fourth-order valence-electron chi connectivity index (χ4n) is 1.67. The Balaban J connectivity index is 2.17. The smallest absolute Gasteiger partial charge is 0.216 e. The van der Waals surface area contributed by atoms with E-state index >= 15 is 0 Å². The molecule has 2 rings (SSSR count). The third-order valence-electron chi connectivity index (χ3n) is 2.60. The van der Waals surface area contributed by atoms with Crippen molar-refractivity contribution in [3.63, 3.8) is 0 Å². The quantitative estimate of drug-likeness (QED) is 0.917. The van der Waals surface area contributed by atoms with Crippen molar-refractivity contribution in [1.82, 2.24) is 15.3 Å². The summed E-state index contributed by atoms with van der Waals surface area (Å²) in [5.74, 6) is 0.590. The first-order valence-corrected chi connectivity index (χ1v) is 7.16. The van der Waals surface area contributed by atoms with Crippen LogP contribution in [0.2, 0.25) is 0 Å². The van der Waals surface area contributed by atoms with E-state index in [2.05, 4.69) is 42.7 Å². The van der Waals surface area contributed by atoms with Gasteiger partial charge in [-0.3, -0.25) is 0 Å². The van der Waals surface area contributed by atoms with Crippen molar-refractivity contribution in [2.75, 3.05) is 14.2 Å². The number of nitrogens with one attached hydrogen (secondary N) is 1. The van der Waals surface area contributed by atoms with Crippen LogP contribution < -0.4 is 10.1 Å². The number of halogens is 1. The van der Waals surface area contributed by atoms with Crippen LogP contribution in [0.1, 0.15) is 16.6 Å². The second-order valence-corrected chi connectivity index (χ2v) is 5.67. The number of hydrogen-bond donors (Lipinski definition) is 1. The summed E-state index contributed by atoms with van der Waals surface area (Å²) in [6.45, 7) is 0. The molecule has 1 unspecified atom stereocenters. The lowest BCUT2D eigenvalue weighted by Crippen LogP contribution is -2.19. The molecule has 18 heavy (non-hydrogen) atoms. The molecular formula is C12H14BrN3OS. The van der Waals surface area contributed by atoms with Gasteiger partial charge in [0.1, 0.15) is 6.33 Å². The maximum atomic E-state index is 5.12. The van der Waals surface area contributed by atoms with Crippen molar-refractivity contribution in [2.24, 2.45) is 0 Å². The lowest BCUT2D eigenvalue weighted by molar-refractivity contribution is 0.394. The first-order chi connectivity index (χ1) is 8.72. The van der Waals surface area contributed by atoms with Gasteiger partial charge in [0, 0.05) is 27.2 Å². The molecule has 0 aromatic carbocycles. The van der Waals surface area contributed by atoms with E-state index in [1.54, 1.807) is 18.4 Å². The lowest BCUT2D eigenvalue weighted by atomic mass is 10.1. The Morgan fingerprint density at radius 1 is 1.44 bits per heavy atom. The van der Waals surface area contributed by atoms with Gasteiger partial charge < -0.3 is 10.1 Å². The summed E-state index contributed by atoms with van der Waals surface area (Å²) in [7, 11) is 3.54. The van der Waals surface area contributed by atoms with Crippen molar-refractivity contribution < 1.29 is 4.74 Å². The van der Waals surface area contributed by atoms with Crippen LogP contribution >= 0.6 is 27.3 Å². The maximum absolute atomic E-state index is 5.12. The standard InChI is InChI=1S/C12H14BrN3OS/c1-14-10(4-9-3-8(13)6-18-9)11-5-12(17-2)16-7-15-11/h3,5-7,10,14H,4H2,1-2H3. The highest BCUT2D eigenvalue weighted by Gasteiger charge is 2.14. The second-order valence-electron chi connectivity index (χ2n) is 3.76. The van der Waals surface area contributed by atoms with Crippen LogP contribution in [0.15, 0.2) is 28.3 Å². The Kier molecular flexibility index (Phi) is 4.68. The monoisotopic (exact) mass is 327 g/mol. The minimum Gasteiger partial charge on any atom is -0.481 e. The molecule has 0 bridgehead atoms. The van der Waals surface area contributed by atoms with Crippen LogP contribution in [-0.2, 0) is 6.42 Å². The van der Waals surface area contributed by atoms with Crippen LogP contribution in [0.4, 0.5) is 0 Å². The van der Waals surface area contributed by atoms with E-state index in [0.29, 0.717) is 5.88 Å². The zero-order valence-corrected chi connectivity index (χ0v) is 12.6. The van der Waals surface area contributed by atoms with Gasteiger partial charge in [-0.1, -0.05) is 0 Å². The predicted octanol–water partition coefficient (Wildman–Crippen LogP) is 2.81. The Hall–Kier alpha value is -0.980. The molecular weight excluding hydrogens is 314 g/mol. The highest BCUT2D eigenvalue weighted by Crippen LogP contribution is 2.25. The summed E-state index contributed by atoms with van der Waals surface area (Å²) >= 11 is 5.20. The Morgan fingerprint density at radius 2 is 2.28 bits per heavy atom. The zero-order chi connectivity index (χ0) is 13.0. The number of hydrogen-bond acceptors (Lipinski definition) is 5. The van der Waals surface area contributed by atoms with Gasteiger partial charge >= 0.3 is 0 Å². The van der Waals surface area contributed by atoms with E-state index in [9.17, 15) is 0 Å². The highest BCUT2D eigenvalue weighted by atomic mass is 79.9. The van der Waals surface area contributed by atoms with Crippen LogP contribution in [-0.4, -0.2) is 24.1 Å². The summed E-state index contributed by atoms with van der Waals surface area (Å²) in [5.41, 5.74) is 0.939. The van der Waals surface area contributed by atoms with E-state index in [-0.39, 0.29) is 6.04 Å². The molecule has 0 saturated carbocycles. The van der Waals surface area contributed by atoms with Crippen molar-refractivity contribution in [1.29, 1.82) is 0 Å². The first-order valence-electron chi connectivity index (χ1n) is 5.49. The fourth-order valence-corrected chi connectivity index (χ4v) is 3.17. The average Bonchev–Trinajstić information content (AvgIpc) is 2.81. The zero-order valence-electron chi connectivity index (χ0n) is 10.2. The molecule has 6 heteroatoms. The number of nitrogens with zero attached hydrogens (tertiary/aromatic N) is 2. The van der Waals surface area contributed by atoms with Gasteiger partial charge in [-0.05, 0) is 29.0 Å². The van der Waals surface area contributed by atoms with Gasteiger partial charge in [-0.2, -0.15) is 0 Å². The molecule has 1 N–H and O–H groups in total. The number of likely N-dealkylation sites (N-methyl/N-ethyl adjacent to an activating group) is 1. The highest BCUT2D eigenvalue weighted by molar-refractivity contribution is 9.10. The van der Waals surface area contributed by atoms with Gasteiger partial charge in [0.2, 0.25) is 5.88 Å². The van der Waals surface area contributed by atoms with Gasteiger partial charge in [-0.15, -0.1) is 11.3 Å². The molecule has 0 aliphatic rings. The van der Waals surface area contributed by atoms with Crippen LogP contribution in [0.25, 0.3) is 0 Å². The van der Waals surface area contributed by atoms with Crippen LogP contribution in [0.5, 0.6) is 5.88 Å². The minimum atomic E-state index is 0.160. The first kappa shape index (κ1) is 13.5. The molecule has 2 aromatic heterocycles. The fraction of sp³-hybridized carbons (Fsp3) is 0.333. The van der Waals surface area contributed by atoms with Gasteiger partial charge in [-0.25, -0.2) is 9.97 Å². The van der Waals surface area contributed by atoms with E-state index in [4.69, 9.17) is 4.74 Å². The molecule has 0 amide bonds. The predicted molar refractivity (Wildman–Crippen MR) is 76.1 cm³/mol. The molecule has 2 heterocycles. The summed E-state index contributed by atoms with van der Waals surface area (Å²) in [6, 6.07) is 4.16. The summed E-state index contributed by atoms with van der Waals surface area (Å²) in [4.78, 5) is 9.62. The summed E-state index contributed by atoms with van der Waals surface area (Å²) < 4.78 is 6.24. The maximum Gasteiger partial charge on any atom is 0.216 e. The third kappa shape index (κ3) is 3.28. The molecule has 0 spiro atoms. The SMILES string of the molecule is CNC(Cc1cc(Br)cs1)c1cc(OC)ncn1. The Labute approximate surface area is 119 Å². The van der Waals surface area contributed by atoms with Crippen molar-refractivity contribution in [2.45, 2.75) is 12.5 Å². The molecule has 0 aliphatic carbocycles. The van der Waals surface area contributed by atoms with E-state index in [1.807, 2.05) is 13.1 Å². The van der Waals surface area contributed by atoms with Gasteiger partial charge in [0.05, 0.1) is 18.8 Å². The summed E-state index contributed by atoms with van der Waals surface area (Å²) in [5, 5.41) is 5.36.